The Balaban J connectivity index is 1.46. The summed E-state index contributed by atoms with van der Waals surface area (Å²) in [5, 5.41) is 1.16. The summed E-state index contributed by atoms with van der Waals surface area (Å²) in [7, 11) is 0. The number of hydrogen-bond donors (Lipinski definition) is 1. The number of nitrogens with zero attached hydrogens (tertiary/aromatic N) is 2. The Labute approximate surface area is 171 Å². The Hall–Kier alpha value is -2.95. The summed E-state index contributed by atoms with van der Waals surface area (Å²) >= 11 is 0. The summed E-state index contributed by atoms with van der Waals surface area (Å²) in [6.07, 6.45) is 5.92. The maximum Gasteiger partial charge on any atom is 0.255 e. The summed E-state index contributed by atoms with van der Waals surface area (Å²) in [6.45, 7) is 5.35. The lowest BCUT2D eigenvalue weighted by molar-refractivity contribution is -0.124. The third-order valence-corrected chi connectivity index (χ3v) is 5.63. The van der Waals surface area contributed by atoms with Crippen molar-refractivity contribution in [2.75, 3.05) is 13.1 Å². The number of likely N-dealkylation sites (tertiary alicyclic amines) is 1. The highest BCUT2D eigenvalue weighted by molar-refractivity contribution is 5.95. The van der Waals surface area contributed by atoms with E-state index in [1.165, 1.54) is 0 Å². The zero-order chi connectivity index (χ0) is 20.4. The molecule has 5 heteroatoms. The number of benzene rings is 1. The number of nitrogens with one attached hydrogen (secondary N) is 1. The molecular formula is C24H27N3O2. The Bertz CT molecular complexity index is 1020. The second-order valence-electron chi connectivity index (χ2n) is 8.37. The SMILES string of the molecule is CC(C)CC(=O)[C@@H]1CCCN(C(=O)c2ccc(-c3ccc4cc[nH]c4c3)nc2)C1. The first-order chi connectivity index (χ1) is 14.0. The zero-order valence-corrected chi connectivity index (χ0v) is 17.0. The summed E-state index contributed by atoms with van der Waals surface area (Å²) < 4.78 is 0. The Morgan fingerprint density at radius 2 is 2.07 bits per heavy atom. The lowest BCUT2D eigenvalue weighted by Gasteiger charge is -2.32. The second-order valence-corrected chi connectivity index (χ2v) is 8.37. The van der Waals surface area contributed by atoms with Crippen molar-refractivity contribution < 1.29 is 9.59 Å². The van der Waals surface area contributed by atoms with Gasteiger partial charge in [0.15, 0.2) is 0 Å². The normalized spacial score (nSPS) is 17.1. The maximum absolute atomic E-state index is 12.9. The van der Waals surface area contributed by atoms with E-state index in [1.807, 2.05) is 35.4 Å². The van der Waals surface area contributed by atoms with Crippen LogP contribution in [0.4, 0.5) is 0 Å². The van der Waals surface area contributed by atoms with Gasteiger partial charge in [-0.05, 0) is 48.4 Å². The number of pyridine rings is 1. The topological polar surface area (TPSA) is 66.1 Å². The first-order valence-electron chi connectivity index (χ1n) is 10.4. The van der Waals surface area contributed by atoms with Crippen LogP contribution < -0.4 is 0 Å². The molecule has 0 spiro atoms. The van der Waals surface area contributed by atoms with Crippen molar-refractivity contribution in [1.29, 1.82) is 0 Å². The fourth-order valence-corrected chi connectivity index (χ4v) is 4.07. The largest absolute Gasteiger partial charge is 0.361 e. The van der Waals surface area contributed by atoms with Crippen LogP contribution in [-0.4, -0.2) is 39.6 Å². The molecule has 150 valence electrons. The van der Waals surface area contributed by atoms with Crippen LogP contribution in [0.25, 0.3) is 22.2 Å². The number of piperidine rings is 1. The highest BCUT2D eigenvalue weighted by Crippen LogP contribution is 2.24. The molecular weight excluding hydrogens is 362 g/mol. The highest BCUT2D eigenvalue weighted by atomic mass is 16.2. The molecule has 0 bridgehead atoms. The van der Waals surface area contributed by atoms with Gasteiger partial charge in [0.05, 0.1) is 11.3 Å². The van der Waals surface area contributed by atoms with Gasteiger partial charge in [0.2, 0.25) is 0 Å². The Kier molecular flexibility index (Phi) is 5.47. The van der Waals surface area contributed by atoms with Gasteiger partial charge in [-0.2, -0.15) is 0 Å². The molecule has 0 saturated carbocycles. The number of Topliss-reactive ketones (excluding diaryl/α,β-unsaturated/α-hetero) is 1. The Morgan fingerprint density at radius 1 is 1.21 bits per heavy atom. The predicted molar refractivity (Wildman–Crippen MR) is 115 cm³/mol. The van der Waals surface area contributed by atoms with Gasteiger partial charge in [-0.3, -0.25) is 14.6 Å². The van der Waals surface area contributed by atoms with E-state index in [4.69, 9.17) is 0 Å². The minimum Gasteiger partial charge on any atom is -0.361 e. The van der Waals surface area contributed by atoms with Gasteiger partial charge in [0.25, 0.3) is 5.91 Å². The minimum absolute atomic E-state index is 0.0325. The van der Waals surface area contributed by atoms with Gasteiger partial charge < -0.3 is 9.88 Å². The van der Waals surface area contributed by atoms with E-state index in [0.717, 1.165) is 35.0 Å². The molecule has 0 unspecified atom stereocenters. The third-order valence-electron chi connectivity index (χ3n) is 5.63. The number of carbonyl (C=O) groups is 2. The molecule has 0 radical (unpaired) electrons. The summed E-state index contributed by atoms with van der Waals surface area (Å²) in [5.74, 6) is 0.571. The molecule has 5 nitrogen and oxygen atoms in total. The quantitative estimate of drug-likeness (QED) is 0.688. The number of aromatic amines is 1. The molecule has 3 aromatic rings. The van der Waals surface area contributed by atoms with E-state index >= 15 is 0 Å². The Morgan fingerprint density at radius 3 is 2.83 bits per heavy atom. The average Bonchev–Trinajstić information content (AvgIpc) is 3.21. The van der Waals surface area contributed by atoms with Crippen molar-refractivity contribution in [2.45, 2.75) is 33.1 Å². The zero-order valence-electron chi connectivity index (χ0n) is 17.0. The van der Waals surface area contributed by atoms with Gasteiger partial charge in [0, 0.05) is 48.9 Å². The van der Waals surface area contributed by atoms with Crippen molar-refractivity contribution in [3.05, 3.63) is 54.4 Å². The summed E-state index contributed by atoms with van der Waals surface area (Å²) in [6, 6.07) is 11.9. The third kappa shape index (κ3) is 4.24. The van der Waals surface area contributed by atoms with E-state index in [1.54, 1.807) is 6.20 Å². The van der Waals surface area contributed by atoms with Gasteiger partial charge in [-0.15, -0.1) is 0 Å². The monoisotopic (exact) mass is 389 g/mol. The predicted octanol–water partition coefficient (Wildman–Crippen LogP) is 4.70. The van der Waals surface area contributed by atoms with Crippen molar-refractivity contribution in [3.63, 3.8) is 0 Å². The molecule has 1 aliphatic rings. The van der Waals surface area contributed by atoms with Crippen LogP contribution in [0.15, 0.2) is 48.8 Å². The summed E-state index contributed by atoms with van der Waals surface area (Å²) in [4.78, 5) is 34.9. The first kappa shape index (κ1) is 19.4. The molecule has 0 aliphatic carbocycles. The molecule has 3 heterocycles. The number of H-pyrrole nitrogens is 1. The fourth-order valence-electron chi connectivity index (χ4n) is 4.07. The van der Waals surface area contributed by atoms with Crippen LogP contribution in [0.2, 0.25) is 0 Å². The molecule has 1 atom stereocenters. The van der Waals surface area contributed by atoms with Gasteiger partial charge in [0.1, 0.15) is 5.78 Å². The lowest BCUT2D eigenvalue weighted by Crippen LogP contribution is -2.42. The number of rotatable bonds is 5. The molecule has 1 saturated heterocycles. The number of amides is 1. The molecule has 1 aliphatic heterocycles. The number of carbonyl (C=O) groups excluding carboxylic acids is 2. The molecule has 1 aromatic carbocycles. The molecule has 1 N–H and O–H groups in total. The first-order valence-corrected chi connectivity index (χ1v) is 10.4. The molecule has 4 rings (SSSR count). The minimum atomic E-state index is -0.0362. The van der Waals surface area contributed by atoms with E-state index in [-0.39, 0.29) is 17.6 Å². The number of aromatic nitrogens is 2. The van der Waals surface area contributed by atoms with Crippen molar-refractivity contribution in [3.8, 4) is 11.3 Å². The summed E-state index contributed by atoms with van der Waals surface area (Å²) in [5.41, 5.74) is 3.49. The van der Waals surface area contributed by atoms with Gasteiger partial charge in [-0.25, -0.2) is 0 Å². The van der Waals surface area contributed by atoms with Crippen molar-refractivity contribution >= 4 is 22.6 Å². The van der Waals surface area contributed by atoms with Crippen LogP contribution in [0.3, 0.4) is 0 Å². The molecule has 29 heavy (non-hydrogen) atoms. The van der Waals surface area contributed by atoms with Crippen molar-refractivity contribution in [1.82, 2.24) is 14.9 Å². The molecule has 2 aromatic heterocycles. The molecule has 1 amide bonds. The van der Waals surface area contributed by atoms with E-state index in [2.05, 4.69) is 35.9 Å². The van der Waals surface area contributed by atoms with E-state index in [9.17, 15) is 9.59 Å². The second kappa shape index (κ2) is 8.19. The maximum atomic E-state index is 12.9. The average molecular weight is 389 g/mol. The smallest absolute Gasteiger partial charge is 0.255 e. The number of fused-ring (bicyclic) bond motifs is 1. The number of hydrogen-bond acceptors (Lipinski definition) is 3. The van der Waals surface area contributed by atoms with Gasteiger partial charge >= 0.3 is 0 Å². The van der Waals surface area contributed by atoms with Crippen LogP contribution in [-0.2, 0) is 4.79 Å². The van der Waals surface area contributed by atoms with Crippen LogP contribution >= 0.6 is 0 Å². The molecule has 1 fully saturated rings. The van der Waals surface area contributed by atoms with Gasteiger partial charge in [-0.1, -0.05) is 26.0 Å². The van der Waals surface area contributed by atoms with E-state index < -0.39 is 0 Å². The number of ketones is 1. The lowest BCUT2D eigenvalue weighted by atomic mass is 9.89. The fraction of sp³-hybridized carbons (Fsp3) is 0.375. The standard InChI is InChI=1S/C24H27N3O2/c1-16(2)12-23(28)20-4-3-11-27(15-20)24(29)19-7-8-21(26-14-19)18-6-5-17-9-10-25-22(17)13-18/h5-10,13-14,16,20,25H,3-4,11-12,15H2,1-2H3/t20-/m1/s1. The highest BCUT2D eigenvalue weighted by Gasteiger charge is 2.29. The van der Waals surface area contributed by atoms with Crippen molar-refractivity contribution in [2.24, 2.45) is 11.8 Å². The van der Waals surface area contributed by atoms with Crippen LogP contribution in [0.1, 0.15) is 43.5 Å². The van der Waals surface area contributed by atoms with Crippen LogP contribution in [0, 0.1) is 11.8 Å². The van der Waals surface area contributed by atoms with E-state index in [0.29, 0.717) is 31.0 Å². The van der Waals surface area contributed by atoms with Crippen LogP contribution in [0.5, 0.6) is 0 Å².